The second-order valence-electron chi connectivity index (χ2n) is 3.24. The molecule has 0 unspecified atom stereocenters. The van der Waals surface area contributed by atoms with Crippen LogP contribution in [0.4, 0.5) is 0 Å². The van der Waals surface area contributed by atoms with Gasteiger partial charge in [0, 0.05) is 0 Å². The zero-order valence-electron chi connectivity index (χ0n) is 7.73. The predicted molar refractivity (Wildman–Crippen MR) is 49.3 cm³/mol. The quantitative estimate of drug-likeness (QED) is 0.701. The molecule has 2 rings (SSSR count). The fourth-order valence-corrected chi connectivity index (χ4v) is 1.50. The Hall–Kier alpha value is -1.10. The van der Waals surface area contributed by atoms with Crippen molar-refractivity contribution in [3.05, 3.63) is 10.8 Å². The Kier molecular flexibility index (Phi) is 2.41. The third-order valence-electron chi connectivity index (χ3n) is 2.37. The zero-order chi connectivity index (χ0) is 10.1. The summed E-state index contributed by atoms with van der Waals surface area (Å²) in [6.45, 7) is 0. The van der Waals surface area contributed by atoms with E-state index in [2.05, 4.69) is 14.9 Å². The molecule has 0 aromatic carbocycles. The van der Waals surface area contributed by atoms with Gasteiger partial charge in [0.2, 0.25) is 5.69 Å². The van der Waals surface area contributed by atoms with Gasteiger partial charge in [-0.2, -0.15) is 4.80 Å². The number of aromatic nitrogens is 3. The van der Waals surface area contributed by atoms with Crippen molar-refractivity contribution in [3.63, 3.8) is 0 Å². The maximum absolute atomic E-state index is 11.2. The van der Waals surface area contributed by atoms with E-state index in [4.69, 9.17) is 11.6 Å². The minimum absolute atomic E-state index is 0.0982. The monoisotopic (exact) mass is 215 g/mol. The standard InChI is InChI=1S/C8H10ClN3O2/c1-14-8(13)6-7(9)11-12(10-6)5-3-2-4-5/h5H,2-4H2,1H3. The fraction of sp³-hybridized carbons (Fsp3) is 0.625. The van der Waals surface area contributed by atoms with Crippen LogP contribution in [0.2, 0.25) is 5.15 Å². The van der Waals surface area contributed by atoms with E-state index in [9.17, 15) is 4.79 Å². The van der Waals surface area contributed by atoms with E-state index < -0.39 is 5.97 Å². The van der Waals surface area contributed by atoms with Crippen molar-refractivity contribution in [2.24, 2.45) is 0 Å². The molecule has 0 spiro atoms. The summed E-state index contributed by atoms with van der Waals surface area (Å²) in [5.41, 5.74) is 0.0982. The predicted octanol–water partition coefficient (Wildman–Crippen LogP) is 1.44. The van der Waals surface area contributed by atoms with Crippen molar-refractivity contribution in [3.8, 4) is 0 Å². The molecule has 1 aromatic heterocycles. The summed E-state index contributed by atoms with van der Waals surface area (Å²) in [6, 6.07) is 0.297. The van der Waals surface area contributed by atoms with Crippen LogP contribution in [-0.4, -0.2) is 28.1 Å². The van der Waals surface area contributed by atoms with Crippen molar-refractivity contribution in [2.75, 3.05) is 7.11 Å². The molecule has 6 heteroatoms. The van der Waals surface area contributed by atoms with Crippen LogP contribution in [-0.2, 0) is 4.74 Å². The first-order chi connectivity index (χ1) is 6.72. The van der Waals surface area contributed by atoms with Gasteiger partial charge in [-0.1, -0.05) is 11.6 Å². The number of nitrogens with zero attached hydrogens (tertiary/aromatic N) is 3. The van der Waals surface area contributed by atoms with Gasteiger partial charge in [0.15, 0.2) is 5.15 Å². The number of carbonyl (C=O) groups excluding carboxylic acids is 1. The lowest BCUT2D eigenvalue weighted by molar-refractivity contribution is 0.0592. The van der Waals surface area contributed by atoms with Gasteiger partial charge in [0.25, 0.3) is 0 Å². The lowest BCUT2D eigenvalue weighted by atomic mass is 9.94. The summed E-state index contributed by atoms with van der Waals surface area (Å²) in [5.74, 6) is -0.541. The van der Waals surface area contributed by atoms with Gasteiger partial charge < -0.3 is 4.74 Å². The Morgan fingerprint density at radius 2 is 2.29 bits per heavy atom. The van der Waals surface area contributed by atoms with Gasteiger partial charge >= 0.3 is 5.97 Å². The molecule has 0 radical (unpaired) electrons. The average Bonchev–Trinajstić information content (AvgIpc) is 2.43. The molecular formula is C8H10ClN3O2. The highest BCUT2D eigenvalue weighted by Crippen LogP contribution is 2.30. The molecule has 0 aliphatic heterocycles. The summed E-state index contributed by atoms with van der Waals surface area (Å²) in [4.78, 5) is 12.7. The molecular weight excluding hydrogens is 206 g/mol. The Morgan fingerprint density at radius 3 is 2.79 bits per heavy atom. The van der Waals surface area contributed by atoms with E-state index in [1.54, 1.807) is 0 Å². The van der Waals surface area contributed by atoms with E-state index in [-0.39, 0.29) is 10.8 Å². The van der Waals surface area contributed by atoms with E-state index in [0.29, 0.717) is 6.04 Å². The van der Waals surface area contributed by atoms with Crippen molar-refractivity contribution in [2.45, 2.75) is 25.3 Å². The smallest absolute Gasteiger partial charge is 0.361 e. The van der Waals surface area contributed by atoms with Crippen LogP contribution in [0, 0.1) is 0 Å². The van der Waals surface area contributed by atoms with Gasteiger partial charge in [0.1, 0.15) is 0 Å². The summed E-state index contributed by atoms with van der Waals surface area (Å²) in [6.07, 6.45) is 3.27. The topological polar surface area (TPSA) is 57.0 Å². The molecule has 1 aliphatic carbocycles. The van der Waals surface area contributed by atoms with Crippen LogP contribution in [0.1, 0.15) is 35.8 Å². The number of rotatable bonds is 2. The summed E-state index contributed by atoms with van der Waals surface area (Å²) in [7, 11) is 1.29. The molecule has 76 valence electrons. The molecule has 1 aliphatic rings. The molecule has 0 bridgehead atoms. The first-order valence-corrected chi connectivity index (χ1v) is 4.81. The first-order valence-electron chi connectivity index (χ1n) is 4.43. The average molecular weight is 216 g/mol. The van der Waals surface area contributed by atoms with Crippen LogP contribution in [0.15, 0.2) is 0 Å². The third-order valence-corrected chi connectivity index (χ3v) is 2.62. The summed E-state index contributed by atoms with van der Waals surface area (Å²) in [5, 5.41) is 8.09. The van der Waals surface area contributed by atoms with E-state index in [0.717, 1.165) is 12.8 Å². The number of ether oxygens (including phenoxy) is 1. The largest absolute Gasteiger partial charge is 0.464 e. The number of hydrogen-bond acceptors (Lipinski definition) is 4. The highest BCUT2D eigenvalue weighted by molar-refractivity contribution is 6.32. The maximum atomic E-state index is 11.2. The molecule has 1 aromatic rings. The molecule has 1 heterocycles. The fourth-order valence-electron chi connectivity index (χ4n) is 1.31. The molecule has 5 nitrogen and oxygen atoms in total. The van der Waals surface area contributed by atoms with Gasteiger partial charge in [-0.25, -0.2) is 4.79 Å². The van der Waals surface area contributed by atoms with Crippen molar-refractivity contribution < 1.29 is 9.53 Å². The van der Waals surface area contributed by atoms with Gasteiger partial charge in [-0.15, -0.1) is 10.2 Å². The second kappa shape index (κ2) is 3.57. The highest BCUT2D eigenvalue weighted by Gasteiger charge is 2.25. The highest BCUT2D eigenvalue weighted by atomic mass is 35.5. The van der Waals surface area contributed by atoms with Crippen LogP contribution < -0.4 is 0 Å². The van der Waals surface area contributed by atoms with E-state index in [1.807, 2.05) is 0 Å². The molecule has 0 atom stereocenters. The lowest BCUT2D eigenvalue weighted by Crippen LogP contribution is -2.19. The van der Waals surface area contributed by atoms with Crippen molar-refractivity contribution in [1.82, 2.24) is 15.0 Å². The summed E-state index contributed by atoms with van der Waals surface area (Å²) >= 11 is 5.75. The number of methoxy groups -OCH3 is 1. The van der Waals surface area contributed by atoms with Crippen LogP contribution in [0.5, 0.6) is 0 Å². The molecule has 0 N–H and O–H groups in total. The Balaban J connectivity index is 2.24. The molecule has 14 heavy (non-hydrogen) atoms. The van der Waals surface area contributed by atoms with E-state index in [1.165, 1.54) is 18.3 Å². The summed E-state index contributed by atoms with van der Waals surface area (Å²) < 4.78 is 4.52. The minimum atomic E-state index is -0.541. The minimum Gasteiger partial charge on any atom is -0.464 e. The van der Waals surface area contributed by atoms with Gasteiger partial charge in [-0.05, 0) is 19.3 Å². The van der Waals surface area contributed by atoms with Crippen LogP contribution >= 0.6 is 11.6 Å². The Morgan fingerprint density at radius 1 is 1.57 bits per heavy atom. The van der Waals surface area contributed by atoms with Crippen molar-refractivity contribution >= 4 is 17.6 Å². The molecule has 1 fully saturated rings. The van der Waals surface area contributed by atoms with Crippen molar-refractivity contribution in [1.29, 1.82) is 0 Å². The Labute approximate surface area is 86.0 Å². The lowest BCUT2D eigenvalue weighted by Gasteiger charge is -2.23. The molecule has 0 saturated heterocycles. The SMILES string of the molecule is COC(=O)c1nn(C2CCC2)nc1Cl. The van der Waals surface area contributed by atoms with Gasteiger partial charge in [0.05, 0.1) is 13.2 Å². The van der Waals surface area contributed by atoms with Crippen LogP contribution in [0.25, 0.3) is 0 Å². The zero-order valence-corrected chi connectivity index (χ0v) is 8.49. The number of hydrogen-bond donors (Lipinski definition) is 0. The maximum Gasteiger partial charge on any atom is 0.361 e. The normalized spacial score (nSPS) is 16.4. The number of esters is 1. The van der Waals surface area contributed by atoms with Crippen LogP contribution in [0.3, 0.4) is 0 Å². The van der Waals surface area contributed by atoms with E-state index >= 15 is 0 Å². The Bertz CT molecular complexity index is 359. The molecule has 0 amide bonds. The third kappa shape index (κ3) is 1.48. The number of carbonyl (C=O) groups is 1. The number of halogens is 1. The van der Waals surface area contributed by atoms with Gasteiger partial charge in [-0.3, -0.25) is 0 Å². The second-order valence-corrected chi connectivity index (χ2v) is 3.59. The molecule has 1 saturated carbocycles. The first kappa shape index (κ1) is 9.45.